The lowest BCUT2D eigenvalue weighted by Crippen LogP contribution is -2.43. The van der Waals surface area contributed by atoms with Crippen LogP contribution in [-0.2, 0) is 15.0 Å². The molecule has 10 heteroatoms. The number of halogens is 1. The van der Waals surface area contributed by atoms with Crippen LogP contribution in [0.5, 0.6) is 0 Å². The van der Waals surface area contributed by atoms with Crippen LogP contribution in [0.1, 0.15) is 25.5 Å². The second-order valence-corrected chi connectivity index (χ2v) is 7.54. The molecule has 1 aromatic carbocycles. The van der Waals surface area contributed by atoms with Crippen LogP contribution in [-0.4, -0.2) is 46.8 Å². The van der Waals surface area contributed by atoms with Gasteiger partial charge in [0.05, 0.1) is 43.3 Å². The Bertz CT molecular complexity index is 1180. The minimum Gasteiger partial charge on any atom is -0.501 e. The molecule has 2 aromatic heterocycles. The number of allylic oxidation sites excluding steroid dienone is 3. The summed E-state index contributed by atoms with van der Waals surface area (Å²) >= 11 is 6.45. The van der Waals surface area contributed by atoms with Gasteiger partial charge in [-0.05, 0) is 38.1 Å². The molecule has 0 amide bonds. The number of aliphatic hydroxyl groups excluding tert-OH is 2. The number of nitrogens with zero attached hydrogens (tertiary/aromatic N) is 2. The van der Waals surface area contributed by atoms with Crippen molar-refractivity contribution in [1.82, 2.24) is 10.1 Å². The minimum absolute atomic E-state index is 0.213. The Labute approximate surface area is 195 Å². The van der Waals surface area contributed by atoms with Gasteiger partial charge in [0.25, 0.3) is 5.89 Å². The average molecular weight is 476 g/mol. The van der Waals surface area contributed by atoms with Crippen molar-refractivity contribution in [2.75, 3.05) is 26.4 Å². The molecular formula is C23H26ClN3O6. The normalized spacial score (nSPS) is 12.6. The van der Waals surface area contributed by atoms with Gasteiger partial charge >= 0.3 is 0 Å². The van der Waals surface area contributed by atoms with Crippen LogP contribution < -0.4 is 5.73 Å². The van der Waals surface area contributed by atoms with Crippen molar-refractivity contribution in [1.29, 1.82) is 0 Å². The van der Waals surface area contributed by atoms with Gasteiger partial charge in [-0.1, -0.05) is 23.3 Å². The summed E-state index contributed by atoms with van der Waals surface area (Å²) in [4.78, 5) is 4.45. The maximum Gasteiger partial charge on any atom is 0.261 e. The molecule has 2 heterocycles. The molecule has 0 aliphatic rings. The lowest BCUT2D eigenvalue weighted by atomic mass is 10.00. The molecule has 4 N–H and O–H groups in total. The molecule has 3 rings (SSSR count). The van der Waals surface area contributed by atoms with E-state index in [-0.39, 0.29) is 17.5 Å². The van der Waals surface area contributed by atoms with Crippen LogP contribution in [0.15, 0.2) is 57.9 Å². The molecule has 0 atom stereocenters. The first-order valence-electron chi connectivity index (χ1n) is 10.2. The monoisotopic (exact) mass is 475 g/mol. The number of hydrogen-bond donors (Lipinski definition) is 3. The lowest BCUT2D eigenvalue weighted by Gasteiger charge is -2.21. The van der Waals surface area contributed by atoms with Crippen molar-refractivity contribution in [3.8, 4) is 11.4 Å². The third kappa shape index (κ3) is 5.45. The summed E-state index contributed by atoms with van der Waals surface area (Å²) in [6, 6.07) is 4.93. The summed E-state index contributed by atoms with van der Waals surface area (Å²) < 4.78 is 21.8. The molecule has 0 bridgehead atoms. The second kappa shape index (κ2) is 10.7. The summed E-state index contributed by atoms with van der Waals surface area (Å²) in [5, 5.41) is 24.1. The molecule has 0 saturated carbocycles. The molecule has 3 aromatic rings. The molecule has 0 aliphatic carbocycles. The fourth-order valence-corrected chi connectivity index (χ4v) is 3.12. The van der Waals surface area contributed by atoms with E-state index in [0.29, 0.717) is 46.1 Å². The standard InChI is InChI=1S/C23H26ClN3O6/c1-4-30-11-15(7-6-14(3)31-5-2)22-26-21(27-33-22)17-8-16-9-20(23(25,12-28)13-29)32-19(16)10-18(17)24/h6-11,28-29H,3-5,12-13,25H2,1-2H3/b7-6-,15-11+. The molecule has 0 radical (unpaired) electrons. The van der Waals surface area contributed by atoms with Crippen molar-refractivity contribution < 1.29 is 28.6 Å². The van der Waals surface area contributed by atoms with E-state index in [9.17, 15) is 10.2 Å². The van der Waals surface area contributed by atoms with Crippen molar-refractivity contribution in [3.63, 3.8) is 0 Å². The highest BCUT2D eigenvalue weighted by Crippen LogP contribution is 2.34. The average Bonchev–Trinajstić information content (AvgIpc) is 3.45. The molecule has 0 saturated heterocycles. The number of hydrogen-bond acceptors (Lipinski definition) is 9. The Hall–Kier alpha value is -3.11. The largest absolute Gasteiger partial charge is 0.501 e. The lowest BCUT2D eigenvalue weighted by molar-refractivity contribution is 0.105. The SMILES string of the molecule is C=C(/C=C\C(=C/OCC)c1nc(-c2cc3cc(C(N)(CO)CO)oc3cc2Cl)no1)OCC. The Kier molecular flexibility index (Phi) is 7.93. The van der Waals surface area contributed by atoms with Crippen LogP contribution in [0, 0.1) is 0 Å². The van der Waals surface area contributed by atoms with E-state index in [4.69, 9.17) is 35.7 Å². The number of aromatic nitrogens is 2. The van der Waals surface area contributed by atoms with E-state index in [2.05, 4.69) is 16.7 Å². The van der Waals surface area contributed by atoms with Crippen LogP contribution in [0.3, 0.4) is 0 Å². The third-order valence-corrected chi connectivity index (χ3v) is 5.04. The zero-order chi connectivity index (χ0) is 24.0. The van der Waals surface area contributed by atoms with Gasteiger partial charge in [-0.3, -0.25) is 0 Å². The maximum absolute atomic E-state index is 9.54. The van der Waals surface area contributed by atoms with Gasteiger partial charge < -0.3 is 34.4 Å². The fourth-order valence-electron chi connectivity index (χ4n) is 2.89. The highest BCUT2D eigenvalue weighted by atomic mass is 35.5. The first-order valence-corrected chi connectivity index (χ1v) is 10.6. The van der Waals surface area contributed by atoms with Gasteiger partial charge in [0.15, 0.2) is 0 Å². The third-order valence-electron chi connectivity index (χ3n) is 4.73. The van der Waals surface area contributed by atoms with Crippen LogP contribution in [0.2, 0.25) is 5.02 Å². The highest BCUT2D eigenvalue weighted by molar-refractivity contribution is 6.34. The summed E-state index contributed by atoms with van der Waals surface area (Å²) in [6.07, 6.45) is 4.87. The van der Waals surface area contributed by atoms with Crippen molar-refractivity contribution in [3.05, 3.63) is 65.6 Å². The summed E-state index contributed by atoms with van der Waals surface area (Å²) in [5.41, 5.74) is 6.06. The Morgan fingerprint density at radius 3 is 2.64 bits per heavy atom. The van der Waals surface area contributed by atoms with Crippen LogP contribution in [0.4, 0.5) is 0 Å². The van der Waals surface area contributed by atoms with Gasteiger partial charge in [0.2, 0.25) is 5.82 Å². The van der Waals surface area contributed by atoms with E-state index in [1.165, 1.54) is 6.26 Å². The van der Waals surface area contributed by atoms with E-state index >= 15 is 0 Å². The fraction of sp³-hybridized carbons (Fsp3) is 0.304. The van der Waals surface area contributed by atoms with Crippen LogP contribution in [0.25, 0.3) is 27.9 Å². The number of rotatable bonds is 11. The summed E-state index contributed by atoms with van der Waals surface area (Å²) in [7, 11) is 0. The first-order chi connectivity index (χ1) is 15.8. The Morgan fingerprint density at radius 1 is 1.21 bits per heavy atom. The molecule has 0 aliphatic heterocycles. The van der Waals surface area contributed by atoms with Gasteiger partial charge in [-0.25, -0.2) is 0 Å². The van der Waals surface area contributed by atoms with Crippen LogP contribution >= 0.6 is 11.6 Å². The van der Waals surface area contributed by atoms with Crippen molar-refractivity contribution in [2.45, 2.75) is 19.4 Å². The molecule has 33 heavy (non-hydrogen) atoms. The quantitative estimate of drug-likeness (QED) is 0.279. The number of furan rings is 1. The minimum atomic E-state index is -1.41. The van der Waals surface area contributed by atoms with E-state index in [0.717, 1.165) is 0 Å². The van der Waals surface area contributed by atoms with Gasteiger partial charge in [-0.2, -0.15) is 4.98 Å². The Balaban J connectivity index is 1.97. The number of fused-ring (bicyclic) bond motifs is 1. The molecule has 176 valence electrons. The number of benzene rings is 1. The zero-order valence-electron chi connectivity index (χ0n) is 18.4. The maximum atomic E-state index is 9.54. The predicted molar refractivity (Wildman–Crippen MR) is 124 cm³/mol. The number of aliphatic hydroxyl groups is 2. The van der Waals surface area contributed by atoms with Gasteiger partial charge in [-0.15, -0.1) is 0 Å². The predicted octanol–water partition coefficient (Wildman–Crippen LogP) is 3.76. The van der Waals surface area contributed by atoms with Crippen molar-refractivity contribution in [2.24, 2.45) is 5.73 Å². The number of ether oxygens (including phenoxy) is 2. The van der Waals surface area contributed by atoms with E-state index in [1.54, 1.807) is 30.4 Å². The summed E-state index contributed by atoms with van der Waals surface area (Å²) in [5.74, 6) is 1.17. The molecule has 0 spiro atoms. The molecule has 9 nitrogen and oxygen atoms in total. The number of nitrogens with two attached hydrogens (primary N) is 1. The van der Waals surface area contributed by atoms with E-state index in [1.807, 2.05) is 13.8 Å². The Morgan fingerprint density at radius 2 is 1.97 bits per heavy atom. The van der Waals surface area contributed by atoms with E-state index < -0.39 is 18.8 Å². The smallest absolute Gasteiger partial charge is 0.261 e. The zero-order valence-corrected chi connectivity index (χ0v) is 19.1. The van der Waals surface area contributed by atoms with Crippen molar-refractivity contribution >= 4 is 28.1 Å². The van der Waals surface area contributed by atoms with Gasteiger partial charge in [0.1, 0.15) is 22.6 Å². The highest BCUT2D eigenvalue weighted by Gasteiger charge is 2.30. The summed E-state index contributed by atoms with van der Waals surface area (Å²) in [6.45, 7) is 7.50. The van der Waals surface area contributed by atoms with Gasteiger partial charge in [0, 0.05) is 17.0 Å². The molecule has 0 fully saturated rings. The molecule has 0 unspecified atom stereocenters. The second-order valence-electron chi connectivity index (χ2n) is 7.14. The molecular weight excluding hydrogens is 450 g/mol. The first kappa shape index (κ1) is 24.5. The topological polar surface area (TPSA) is 137 Å².